The largest absolute Gasteiger partial charge is 0.521 e. The molecule has 6 heteroatoms. The van der Waals surface area contributed by atoms with Crippen LogP contribution in [0.2, 0.25) is 0 Å². The molecule has 0 atom stereocenters. The maximum Gasteiger partial charge on any atom is 0.521 e. The average Bonchev–Trinajstić information content (AvgIpc) is 2.35. The van der Waals surface area contributed by atoms with E-state index in [0.29, 0.717) is 38.8 Å². The molecule has 0 radical (unpaired) electrons. The highest BCUT2D eigenvalue weighted by atomic mass is 28.4. The van der Waals surface area contributed by atoms with Crippen molar-refractivity contribution >= 4 is 14.7 Å². The van der Waals surface area contributed by atoms with Crippen molar-refractivity contribution < 1.29 is 18.1 Å². The van der Waals surface area contributed by atoms with Gasteiger partial charge in [0.2, 0.25) is 5.91 Å². The van der Waals surface area contributed by atoms with Gasteiger partial charge in [-0.15, -0.1) is 6.58 Å². The van der Waals surface area contributed by atoms with Gasteiger partial charge >= 0.3 is 8.80 Å². The fourth-order valence-corrected chi connectivity index (χ4v) is 3.76. The van der Waals surface area contributed by atoms with Gasteiger partial charge in [-0.3, -0.25) is 4.79 Å². The monoisotopic (exact) mass is 275 g/mol. The molecule has 18 heavy (non-hydrogen) atoms. The number of carbonyl (C=O) groups is 1. The lowest BCUT2D eigenvalue weighted by atomic mass is 10.3. The van der Waals surface area contributed by atoms with E-state index in [1.807, 2.05) is 20.8 Å². The second-order valence-electron chi connectivity index (χ2n) is 3.59. The van der Waals surface area contributed by atoms with Gasteiger partial charge in [0.15, 0.2) is 0 Å². The standard InChI is InChI=1S/C12H25NO4Si/c1-5-9-10-12(14)13-11-18(15-6-2,16-7-3)17-8-4/h5H,1,6-11H2,2-4H3,(H,13,14). The number of allylic oxidation sites excluding steroid dienone is 1. The van der Waals surface area contributed by atoms with Crippen LogP contribution in [0.25, 0.3) is 0 Å². The SMILES string of the molecule is C=CCCC(=O)NC[Si](OCC)(OCC)OCC. The molecule has 0 rings (SSSR count). The van der Waals surface area contributed by atoms with E-state index in [1.165, 1.54) is 0 Å². The summed E-state index contributed by atoms with van der Waals surface area (Å²) in [5.41, 5.74) is 0. The molecule has 0 aromatic carbocycles. The van der Waals surface area contributed by atoms with Gasteiger partial charge in [0.25, 0.3) is 0 Å². The van der Waals surface area contributed by atoms with Crippen molar-refractivity contribution in [3.63, 3.8) is 0 Å². The van der Waals surface area contributed by atoms with Crippen LogP contribution < -0.4 is 5.32 Å². The van der Waals surface area contributed by atoms with Crippen LogP contribution in [0.5, 0.6) is 0 Å². The Labute approximate surface area is 111 Å². The summed E-state index contributed by atoms with van der Waals surface area (Å²) in [6.07, 6.45) is 3.13. The highest BCUT2D eigenvalue weighted by Gasteiger charge is 2.40. The van der Waals surface area contributed by atoms with Gasteiger partial charge in [-0.25, -0.2) is 0 Å². The first-order valence-corrected chi connectivity index (χ1v) is 8.36. The Bertz CT molecular complexity index is 231. The number of hydrogen-bond acceptors (Lipinski definition) is 4. The Kier molecular flexibility index (Phi) is 9.86. The molecule has 0 bridgehead atoms. The zero-order valence-corrected chi connectivity index (χ0v) is 12.7. The lowest BCUT2D eigenvalue weighted by molar-refractivity contribution is -0.121. The minimum Gasteiger partial charge on any atom is -0.373 e. The summed E-state index contributed by atoms with van der Waals surface area (Å²) in [6, 6.07) is 0. The van der Waals surface area contributed by atoms with E-state index in [1.54, 1.807) is 6.08 Å². The van der Waals surface area contributed by atoms with Crippen LogP contribution in [0.3, 0.4) is 0 Å². The fraction of sp³-hybridized carbons (Fsp3) is 0.750. The Balaban J connectivity index is 4.36. The number of amides is 1. The third-order valence-corrected chi connectivity index (χ3v) is 4.97. The summed E-state index contributed by atoms with van der Waals surface area (Å²) >= 11 is 0. The molecule has 0 aromatic heterocycles. The summed E-state index contributed by atoms with van der Waals surface area (Å²) < 4.78 is 16.9. The zero-order valence-electron chi connectivity index (χ0n) is 11.7. The summed E-state index contributed by atoms with van der Waals surface area (Å²) in [7, 11) is -2.76. The fourth-order valence-electron chi connectivity index (χ4n) is 1.47. The molecular formula is C12H25NO4Si. The third kappa shape index (κ3) is 6.90. The van der Waals surface area contributed by atoms with Crippen LogP contribution in [0, 0.1) is 0 Å². The van der Waals surface area contributed by atoms with Gasteiger partial charge in [-0.2, -0.15) is 0 Å². The molecule has 0 unspecified atom stereocenters. The second-order valence-corrected chi connectivity index (χ2v) is 6.17. The molecule has 1 N–H and O–H groups in total. The van der Waals surface area contributed by atoms with Crippen LogP contribution in [-0.4, -0.2) is 40.7 Å². The molecule has 0 aliphatic heterocycles. The van der Waals surface area contributed by atoms with Crippen LogP contribution in [0.4, 0.5) is 0 Å². The van der Waals surface area contributed by atoms with Crippen LogP contribution in [0.15, 0.2) is 12.7 Å². The predicted octanol–water partition coefficient (Wildman–Crippen LogP) is 1.66. The number of hydrogen-bond donors (Lipinski definition) is 1. The highest BCUT2D eigenvalue weighted by molar-refractivity contribution is 6.61. The summed E-state index contributed by atoms with van der Waals surface area (Å²) in [5, 5.41) is 2.81. The molecule has 0 aliphatic rings. The first-order chi connectivity index (χ1) is 8.64. The molecule has 0 saturated heterocycles. The van der Waals surface area contributed by atoms with Gasteiger partial charge in [-0.05, 0) is 27.2 Å². The van der Waals surface area contributed by atoms with Gasteiger partial charge in [0, 0.05) is 26.2 Å². The Morgan fingerprint density at radius 1 is 1.17 bits per heavy atom. The maximum absolute atomic E-state index is 11.6. The smallest absolute Gasteiger partial charge is 0.373 e. The van der Waals surface area contributed by atoms with Gasteiger partial charge < -0.3 is 18.6 Å². The van der Waals surface area contributed by atoms with Crippen LogP contribution in [0.1, 0.15) is 33.6 Å². The first-order valence-electron chi connectivity index (χ1n) is 6.43. The second kappa shape index (κ2) is 10.2. The first kappa shape index (κ1) is 17.3. The molecule has 0 aliphatic carbocycles. The lowest BCUT2D eigenvalue weighted by Crippen LogP contribution is -2.55. The molecule has 0 saturated carbocycles. The van der Waals surface area contributed by atoms with Crippen LogP contribution >= 0.6 is 0 Å². The van der Waals surface area contributed by atoms with Gasteiger partial charge in [0.1, 0.15) is 0 Å². The van der Waals surface area contributed by atoms with Crippen molar-refractivity contribution in [1.82, 2.24) is 5.32 Å². The number of rotatable bonds is 11. The summed E-state index contributed by atoms with van der Waals surface area (Å²) in [6.45, 7) is 10.8. The highest BCUT2D eigenvalue weighted by Crippen LogP contribution is 2.09. The molecule has 106 valence electrons. The third-order valence-electron chi connectivity index (χ3n) is 2.17. The van der Waals surface area contributed by atoms with Crippen molar-refractivity contribution in [2.75, 3.05) is 26.0 Å². The molecule has 1 amide bonds. The molecule has 0 aromatic rings. The predicted molar refractivity (Wildman–Crippen MR) is 73.1 cm³/mol. The summed E-state index contributed by atoms with van der Waals surface area (Å²) in [4.78, 5) is 11.6. The summed E-state index contributed by atoms with van der Waals surface area (Å²) in [5.74, 6) is -0.0362. The Hall–Kier alpha value is -0.693. The molecule has 0 fully saturated rings. The van der Waals surface area contributed by atoms with Crippen molar-refractivity contribution in [2.24, 2.45) is 0 Å². The minimum atomic E-state index is -2.76. The molecular weight excluding hydrogens is 250 g/mol. The topological polar surface area (TPSA) is 56.8 Å². The molecule has 5 nitrogen and oxygen atoms in total. The Morgan fingerprint density at radius 2 is 1.67 bits per heavy atom. The Morgan fingerprint density at radius 3 is 2.06 bits per heavy atom. The number of carbonyl (C=O) groups excluding carboxylic acids is 1. The van der Waals surface area contributed by atoms with Gasteiger partial charge in [0.05, 0.1) is 6.17 Å². The quantitative estimate of drug-likeness (QED) is 0.460. The van der Waals surface area contributed by atoms with Crippen molar-refractivity contribution in [1.29, 1.82) is 0 Å². The van der Waals surface area contributed by atoms with E-state index >= 15 is 0 Å². The van der Waals surface area contributed by atoms with Crippen molar-refractivity contribution in [3.05, 3.63) is 12.7 Å². The lowest BCUT2D eigenvalue weighted by Gasteiger charge is -2.28. The van der Waals surface area contributed by atoms with E-state index in [9.17, 15) is 4.79 Å². The van der Waals surface area contributed by atoms with E-state index in [0.717, 1.165) is 0 Å². The van der Waals surface area contributed by atoms with Crippen LogP contribution in [-0.2, 0) is 18.1 Å². The van der Waals surface area contributed by atoms with Crippen molar-refractivity contribution in [2.45, 2.75) is 33.6 Å². The molecule has 0 spiro atoms. The van der Waals surface area contributed by atoms with E-state index in [-0.39, 0.29) is 5.91 Å². The zero-order chi connectivity index (χ0) is 13.9. The van der Waals surface area contributed by atoms with E-state index in [4.69, 9.17) is 13.3 Å². The maximum atomic E-state index is 11.6. The number of nitrogens with one attached hydrogen (secondary N) is 1. The van der Waals surface area contributed by atoms with Crippen molar-refractivity contribution in [3.8, 4) is 0 Å². The van der Waals surface area contributed by atoms with E-state index in [2.05, 4.69) is 11.9 Å². The molecule has 0 heterocycles. The average molecular weight is 275 g/mol. The van der Waals surface area contributed by atoms with E-state index < -0.39 is 8.80 Å². The van der Waals surface area contributed by atoms with Gasteiger partial charge in [-0.1, -0.05) is 6.08 Å². The minimum absolute atomic E-state index is 0.0362. The normalized spacial score (nSPS) is 11.3.